The van der Waals surface area contributed by atoms with E-state index in [-0.39, 0.29) is 5.91 Å². The standard InChI is InChI=1S/C16H18N2O2/c1-11-6-7-13(17)10-15(11)18-16(19)9-12-4-3-5-14(8-12)20-2/h3-8,10H,9,17H2,1-2H3,(H,18,19). The Kier molecular flexibility index (Phi) is 4.25. The number of rotatable bonds is 4. The van der Waals surface area contributed by atoms with Crippen molar-refractivity contribution >= 4 is 17.3 Å². The fourth-order valence-corrected chi connectivity index (χ4v) is 1.94. The van der Waals surface area contributed by atoms with E-state index in [0.29, 0.717) is 12.1 Å². The summed E-state index contributed by atoms with van der Waals surface area (Å²) in [5.41, 5.74) is 9.00. The third-order valence-corrected chi connectivity index (χ3v) is 3.03. The summed E-state index contributed by atoms with van der Waals surface area (Å²) in [6, 6.07) is 12.9. The summed E-state index contributed by atoms with van der Waals surface area (Å²) in [4.78, 5) is 12.1. The van der Waals surface area contributed by atoms with Crippen molar-refractivity contribution in [3.8, 4) is 5.75 Å². The van der Waals surface area contributed by atoms with Gasteiger partial charge in [0.1, 0.15) is 5.75 Å². The normalized spacial score (nSPS) is 10.1. The summed E-state index contributed by atoms with van der Waals surface area (Å²) in [5, 5.41) is 2.88. The van der Waals surface area contributed by atoms with E-state index in [1.807, 2.05) is 43.3 Å². The van der Waals surface area contributed by atoms with Crippen molar-refractivity contribution in [2.24, 2.45) is 0 Å². The Morgan fingerprint density at radius 1 is 1.25 bits per heavy atom. The predicted molar refractivity (Wildman–Crippen MR) is 80.9 cm³/mol. The highest BCUT2D eigenvalue weighted by molar-refractivity contribution is 5.93. The van der Waals surface area contributed by atoms with Crippen LogP contribution in [0.4, 0.5) is 11.4 Å². The number of nitrogens with two attached hydrogens (primary N) is 1. The number of amides is 1. The largest absolute Gasteiger partial charge is 0.497 e. The van der Waals surface area contributed by atoms with Gasteiger partial charge in [0.15, 0.2) is 0 Å². The molecule has 0 aliphatic heterocycles. The monoisotopic (exact) mass is 270 g/mol. The first kappa shape index (κ1) is 13.9. The molecule has 0 spiro atoms. The Morgan fingerprint density at radius 2 is 2.05 bits per heavy atom. The van der Waals surface area contributed by atoms with Gasteiger partial charge in [-0.05, 0) is 42.3 Å². The van der Waals surface area contributed by atoms with E-state index < -0.39 is 0 Å². The first-order valence-corrected chi connectivity index (χ1v) is 6.37. The maximum atomic E-state index is 12.1. The zero-order valence-corrected chi connectivity index (χ0v) is 11.6. The molecule has 0 unspecified atom stereocenters. The van der Waals surface area contributed by atoms with Gasteiger partial charge in [-0.15, -0.1) is 0 Å². The molecular formula is C16H18N2O2. The molecule has 0 radical (unpaired) electrons. The lowest BCUT2D eigenvalue weighted by Crippen LogP contribution is -2.15. The van der Waals surface area contributed by atoms with Crippen LogP contribution in [-0.4, -0.2) is 13.0 Å². The van der Waals surface area contributed by atoms with Crippen LogP contribution in [-0.2, 0) is 11.2 Å². The van der Waals surface area contributed by atoms with Gasteiger partial charge in [0.25, 0.3) is 0 Å². The second-order valence-electron chi connectivity index (χ2n) is 4.65. The molecule has 0 aliphatic carbocycles. The molecule has 0 saturated heterocycles. The number of benzene rings is 2. The van der Waals surface area contributed by atoms with Crippen LogP contribution in [0.3, 0.4) is 0 Å². The van der Waals surface area contributed by atoms with E-state index in [0.717, 1.165) is 22.6 Å². The van der Waals surface area contributed by atoms with Gasteiger partial charge in [0, 0.05) is 11.4 Å². The molecular weight excluding hydrogens is 252 g/mol. The molecule has 0 aromatic heterocycles. The van der Waals surface area contributed by atoms with Crippen molar-refractivity contribution in [1.29, 1.82) is 0 Å². The highest BCUT2D eigenvalue weighted by Gasteiger charge is 2.07. The average Bonchev–Trinajstić information content (AvgIpc) is 2.43. The van der Waals surface area contributed by atoms with Crippen LogP contribution in [0.25, 0.3) is 0 Å². The van der Waals surface area contributed by atoms with E-state index in [1.165, 1.54) is 0 Å². The number of aryl methyl sites for hydroxylation is 1. The molecule has 0 heterocycles. The number of methoxy groups -OCH3 is 1. The molecule has 1 amide bonds. The first-order chi connectivity index (χ1) is 9.58. The number of hydrogen-bond donors (Lipinski definition) is 2. The van der Waals surface area contributed by atoms with Crippen molar-refractivity contribution in [2.75, 3.05) is 18.2 Å². The Labute approximate surface area is 118 Å². The van der Waals surface area contributed by atoms with Crippen molar-refractivity contribution in [1.82, 2.24) is 0 Å². The minimum atomic E-state index is -0.0769. The molecule has 104 valence electrons. The molecule has 0 aliphatic rings. The van der Waals surface area contributed by atoms with Gasteiger partial charge in [-0.3, -0.25) is 4.79 Å². The maximum absolute atomic E-state index is 12.1. The van der Waals surface area contributed by atoms with Crippen LogP contribution in [0.2, 0.25) is 0 Å². The maximum Gasteiger partial charge on any atom is 0.228 e. The molecule has 4 nitrogen and oxygen atoms in total. The summed E-state index contributed by atoms with van der Waals surface area (Å²) < 4.78 is 5.14. The zero-order valence-electron chi connectivity index (χ0n) is 11.6. The minimum Gasteiger partial charge on any atom is -0.497 e. The molecule has 0 saturated carbocycles. The van der Waals surface area contributed by atoms with Gasteiger partial charge in [0.2, 0.25) is 5.91 Å². The van der Waals surface area contributed by atoms with Crippen molar-refractivity contribution in [2.45, 2.75) is 13.3 Å². The molecule has 20 heavy (non-hydrogen) atoms. The summed E-state index contributed by atoms with van der Waals surface area (Å²) in [6.07, 6.45) is 0.297. The van der Waals surface area contributed by atoms with Crippen molar-refractivity contribution in [3.05, 3.63) is 53.6 Å². The third-order valence-electron chi connectivity index (χ3n) is 3.03. The van der Waals surface area contributed by atoms with E-state index >= 15 is 0 Å². The number of anilines is 2. The van der Waals surface area contributed by atoms with Crippen LogP contribution in [0.1, 0.15) is 11.1 Å². The highest BCUT2D eigenvalue weighted by atomic mass is 16.5. The molecule has 4 heteroatoms. The Morgan fingerprint density at radius 3 is 2.80 bits per heavy atom. The molecule has 3 N–H and O–H groups in total. The Balaban J connectivity index is 2.07. The molecule has 2 rings (SSSR count). The number of carbonyl (C=O) groups is 1. The number of nitrogens with one attached hydrogen (secondary N) is 1. The van der Waals surface area contributed by atoms with Crippen LogP contribution >= 0.6 is 0 Å². The van der Waals surface area contributed by atoms with E-state index in [1.54, 1.807) is 13.2 Å². The van der Waals surface area contributed by atoms with Gasteiger partial charge in [-0.1, -0.05) is 18.2 Å². The lowest BCUT2D eigenvalue weighted by molar-refractivity contribution is -0.115. The topological polar surface area (TPSA) is 64.3 Å². The summed E-state index contributed by atoms with van der Waals surface area (Å²) in [5.74, 6) is 0.669. The summed E-state index contributed by atoms with van der Waals surface area (Å²) in [6.45, 7) is 1.93. The van der Waals surface area contributed by atoms with Crippen molar-refractivity contribution < 1.29 is 9.53 Å². The van der Waals surface area contributed by atoms with Gasteiger partial charge in [0.05, 0.1) is 13.5 Å². The Bertz CT molecular complexity index is 624. The second-order valence-corrected chi connectivity index (χ2v) is 4.65. The smallest absolute Gasteiger partial charge is 0.228 e. The zero-order chi connectivity index (χ0) is 14.5. The number of nitrogen functional groups attached to an aromatic ring is 1. The van der Waals surface area contributed by atoms with Gasteiger partial charge in [-0.25, -0.2) is 0 Å². The Hall–Kier alpha value is -2.49. The van der Waals surface area contributed by atoms with Crippen LogP contribution < -0.4 is 15.8 Å². The number of carbonyl (C=O) groups excluding carboxylic acids is 1. The van der Waals surface area contributed by atoms with Gasteiger partial charge in [-0.2, -0.15) is 0 Å². The fraction of sp³-hybridized carbons (Fsp3) is 0.188. The fourth-order valence-electron chi connectivity index (χ4n) is 1.94. The second kappa shape index (κ2) is 6.10. The lowest BCUT2D eigenvalue weighted by Gasteiger charge is -2.09. The molecule has 0 bridgehead atoms. The number of ether oxygens (including phenoxy) is 1. The molecule has 0 fully saturated rings. The highest BCUT2D eigenvalue weighted by Crippen LogP contribution is 2.19. The van der Waals surface area contributed by atoms with Crippen LogP contribution in [0, 0.1) is 6.92 Å². The van der Waals surface area contributed by atoms with Gasteiger partial charge < -0.3 is 15.8 Å². The number of hydrogen-bond acceptors (Lipinski definition) is 3. The molecule has 0 atom stereocenters. The predicted octanol–water partition coefficient (Wildman–Crippen LogP) is 2.77. The lowest BCUT2D eigenvalue weighted by atomic mass is 10.1. The first-order valence-electron chi connectivity index (χ1n) is 6.37. The van der Waals surface area contributed by atoms with Crippen LogP contribution in [0.15, 0.2) is 42.5 Å². The summed E-state index contributed by atoms with van der Waals surface area (Å²) in [7, 11) is 1.61. The van der Waals surface area contributed by atoms with E-state index in [2.05, 4.69) is 5.32 Å². The van der Waals surface area contributed by atoms with E-state index in [4.69, 9.17) is 10.5 Å². The quantitative estimate of drug-likeness (QED) is 0.840. The SMILES string of the molecule is COc1cccc(CC(=O)Nc2cc(N)ccc2C)c1. The molecule has 2 aromatic rings. The summed E-state index contributed by atoms with van der Waals surface area (Å²) >= 11 is 0. The average molecular weight is 270 g/mol. The van der Waals surface area contributed by atoms with Crippen LogP contribution in [0.5, 0.6) is 5.75 Å². The minimum absolute atomic E-state index is 0.0769. The molecule has 2 aromatic carbocycles. The van der Waals surface area contributed by atoms with Gasteiger partial charge >= 0.3 is 0 Å². The third kappa shape index (κ3) is 3.51. The van der Waals surface area contributed by atoms with Crippen molar-refractivity contribution in [3.63, 3.8) is 0 Å². The van der Waals surface area contributed by atoms with E-state index in [9.17, 15) is 4.79 Å².